The number of fused-ring (bicyclic) bond motifs is 1. The summed E-state index contributed by atoms with van der Waals surface area (Å²) in [5.74, 6) is -0.994. The Kier molecular flexibility index (Phi) is 7.06. The molecule has 0 spiro atoms. The minimum atomic E-state index is -1.02. The zero-order valence-electron chi connectivity index (χ0n) is 20.2. The van der Waals surface area contributed by atoms with Crippen LogP contribution in [0, 0.1) is 11.6 Å². The Balaban J connectivity index is 1.39. The lowest BCUT2D eigenvalue weighted by molar-refractivity contribution is 0.0322. The lowest BCUT2D eigenvalue weighted by Crippen LogP contribution is -2.39. The first kappa shape index (κ1) is 24.7. The van der Waals surface area contributed by atoms with Crippen LogP contribution in [0.2, 0.25) is 0 Å². The van der Waals surface area contributed by atoms with E-state index in [0.717, 1.165) is 49.5 Å². The molecule has 11 heteroatoms. The van der Waals surface area contributed by atoms with Gasteiger partial charge in [-0.3, -0.25) is 18.8 Å². The molecule has 37 heavy (non-hydrogen) atoms. The average Bonchev–Trinajstić information content (AvgIpc) is 2.92. The van der Waals surface area contributed by atoms with E-state index in [9.17, 15) is 18.4 Å². The number of benzene rings is 2. The topological polar surface area (TPSA) is 91.5 Å². The summed E-state index contributed by atoms with van der Waals surface area (Å²) in [6.07, 6.45) is 1.40. The maximum Gasteiger partial charge on any atom is 0.331 e. The Morgan fingerprint density at radius 2 is 1.78 bits per heavy atom. The van der Waals surface area contributed by atoms with Crippen LogP contribution in [0.4, 0.5) is 8.78 Å². The summed E-state index contributed by atoms with van der Waals surface area (Å²) in [5.41, 5.74) is 0.0765. The third-order valence-corrected chi connectivity index (χ3v) is 6.30. The van der Waals surface area contributed by atoms with Gasteiger partial charge in [0.15, 0.2) is 23.0 Å². The van der Waals surface area contributed by atoms with Crippen molar-refractivity contribution >= 4 is 11.0 Å². The first-order chi connectivity index (χ1) is 17.9. The van der Waals surface area contributed by atoms with Crippen molar-refractivity contribution in [3.05, 3.63) is 86.7 Å². The molecule has 9 nitrogen and oxygen atoms in total. The smallest absolute Gasteiger partial charge is 0.331 e. The number of halogens is 2. The molecular weight excluding hydrogens is 484 g/mol. The highest BCUT2D eigenvalue weighted by atomic mass is 19.2. The van der Waals surface area contributed by atoms with E-state index in [0.29, 0.717) is 29.3 Å². The molecule has 0 aliphatic carbocycles. The Morgan fingerprint density at radius 1 is 1.03 bits per heavy atom. The third kappa shape index (κ3) is 5.27. The van der Waals surface area contributed by atoms with Crippen LogP contribution in [0.5, 0.6) is 5.75 Å². The highest BCUT2D eigenvalue weighted by Crippen LogP contribution is 2.21. The molecule has 0 amide bonds. The van der Waals surface area contributed by atoms with Gasteiger partial charge in [-0.15, -0.1) is 0 Å². The lowest BCUT2D eigenvalue weighted by atomic mass is 10.2. The van der Waals surface area contributed by atoms with E-state index < -0.39 is 22.9 Å². The van der Waals surface area contributed by atoms with E-state index in [1.165, 1.54) is 23.9 Å². The Labute approximate surface area is 210 Å². The van der Waals surface area contributed by atoms with Crippen LogP contribution in [0.15, 0.2) is 58.3 Å². The number of ether oxygens (including phenoxy) is 2. The normalized spacial score (nSPS) is 14.2. The molecule has 4 aromatic rings. The zero-order valence-corrected chi connectivity index (χ0v) is 20.2. The fourth-order valence-electron chi connectivity index (χ4n) is 4.19. The predicted octanol–water partition coefficient (Wildman–Crippen LogP) is 2.19. The zero-order chi connectivity index (χ0) is 25.9. The molecule has 0 saturated carbocycles. The van der Waals surface area contributed by atoms with E-state index in [1.54, 1.807) is 12.1 Å². The van der Waals surface area contributed by atoms with Gasteiger partial charge in [0.2, 0.25) is 0 Å². The van der Waals surface area contributed by atoms with Gasteiger partial charge in [-0.2, -0.15) is 0 Å². The number of hydrogen-bond acceptors (Lipinski definition) is 7. The second-order valence-corrected chi connectivity index (χ2v) is 8.74. The highest BCUT2D eigenvalue weighted by Gasteiger charge is 2.16. The van der Waals surface area contributed by atoms with Gasteiger partial charge in [0.05, 0.1) is 31.5 Å². The van der Waals surface area contributed by atoms with E-state index in [2.05, 4.69) is 14.9 Å². The van der Waals surface area contributed by atoms with Crippen LogP contribution in [0.25, 0.3) is 22.4 Å². The van der Waals surface area contributed by atoms with Gasteiger partial charge in [0.25, 0.3) is 5.56 Å². The van der Waals surface area contributed by atoms with E-state index in [4.69, 9.17) is 9.47 Å². The molecule has 2 aromatic carbocycles. The van der Waals surface area contributed by atoms with Gasteiger partial charge in [0.1, 0.15) is 12.4 Å². The van der Waals surface area contributed by atoms with Crippen LogP contribution in [-0.2, 0) is 18.3 Å². The Morgan fingerprint density at radius 3 is 2.51 bits per heavy atom. The molecule has 0 atom stereocenters. The molecule has 0 N–H and O–H groups in total. The number of nitrogens with zero attached hydrogens (tertiary/aromatic N) is 5. The average molecular weight is 510 g/mol. The molecule has 0 unspecified atom stereocenters. The fraction of sp³-hybridized carbons (Fsp3) is 0.308. The summed E-state index contributed by atoms with van der Waals surface area (Å²) < 4.78 is 40.4. The predicted molar refractivity (Wildman–Crippen MR) is 133 cm³/mol. The van der Waals surface area contributed by atoms with Crippen LogP contribution in [-0.4, -0.2) is 63.5 Å². The lowest BCUT2D eigenvalue weighted by Gasteiger charge is -2.26. The summed E-state index contributed by atoms with van der Waals surface area (Å²) in [5, 5.41) is 0. The molecule has 192 valence electrons. The van der Waals surface area contributed by atoms with Gasteiger partial charge in [-0.25, -0.2) is 23.5 Å². The van der Waals surface area contributed by atoms with Crippen molar-refractivity contribution in [3.63, 3.8) is 0 Å². The summed E-state index contributed by atoms with van der Waals surface area (Å²) >= 11 is 0. The van der Waals surface area contributed by atoms with Crippen molar-refractivity contribution in [1.29, 1.82) is 0 Å². The van der Waals surface area contributed by atoms with E-state index in [1.807, 2.05) is 12.1 Å². The minimum Gasteiger partial charge on any atom is -0.492 e. The van der Waals surface area contributed by atoms with Crippen LogP contribution >= 0.6 is 0 Å². The van der Waals surface area contributed by atoms with Crippen LogP contribution in [0.1, 0.15) is 5.56 Å². The van der Waals surface area contributed by atoms with E-state index >= 15 is 0 Å². The molecule has 1 aliphatic heterocycles. The first-order valence-electron chi connectivity index (χ1n) is 11.8. The second kappa shape index (κ2) is 10.6. The first-order valence-corrected chi connectivity index (χ1v) is 11.8. The summed E-state index contributed by atoms with van der Waals surface area (Å²) in [4.78, 5) is 36.8. The van der Waals surface area contributed by atoms with E-state index in [-0.39, 0.29) is 17.6 Å². The summed E-state index contributed by atoms with van der Waals surface area (Å²) in [6, 6.07) is 10.6. The van der Waals surface area contributed by atoms with Crippen LogP contribution < -0.4 is 16.0 Å². The highest BCUT2D eigenvalue weighted by molar-refractivity contribution is 5.75. The minimum absolute atomic E-state index is 0.0421. The third-order valence-electron chi connectivity index (χ3n) is 6.30. The van der Waals surface area contributed by atoms with Crippen molar-refractivity contribution in [3.8, 4) is 17.1 Å². The van der Waals surface area contributed by atoms with Crippen molar-refractivity contribution in [2.75, 3.05) is 39.5 Å². The Bertz CT molecular complexity index is 1550. The largest absolute Gasteiger partial charge is 0.492 e. The van der Waals surface area contributed by atoms with Crippen molar-refractivity contribution in [2.24, 2.45) is 7.05 Å². The fourth-order valence-corrected chi connectivity index (χ4v) is 4.19. The monoisotopic (exact) mass is 509 g/mol. The van der Waals surface area contributed by atoms with Gasteiger partial charge in [-0.05, 0) is 42.0 Å². The molecular formula is C26H25F2N5O4. The molecule has 3 heterocycles. The maximum atomic E-state index is 13.7. The number of hydrogen-bond donors (Lipinski definition) is 0. The van der Waals surface area contributed by atoms with Crippen molar-refractivity contribution in [1.82, 2.24) is 24.0 Å². The van der Waals surface area contributed by atoms with Gasteiger partial charge in [0, 0.05) is 32.2 Å². The number of rotatable bonds is 7. The molecule has 5 rings (SSSR count). The summed E-state index contributed by atoms with van der Waals surface area (Å²) in [6.45, 7) is 4.56. The maximum absolute atomic E-state index is 13.7. The van der Waals surface area contributed by atoms with Crippen LogP contribution in [0.3, 0.4) is 0 Å². The summed E-state index contributed by atoms with van der Waals surface area (Å²) in [7, 11) is 1.34. The SMILES string of the molecule is Cn1c(=O)c2nc(-c3ccc(OCCN4CCOCC4)cc3)ncc2n(Cc2ccc(F)c(F)c2)c1=O. The molecule has 1 fully saturated rings. The second-order valence-electron chi connectivity index (χ2n) is 8.74. The van der Waals surface area contributed by atoms with Gasteiger partial charge in [-0.1, -0.05) is 6.07 Å². The molecule has 0 bridgehead atoms. The van der Waals surface area contributed by atoms with Gasteiger partial charge < -0.3 is 9.47 Å². The molecule has 2 aromatic heterocycles. The molecule has 1 saturated heterocycles. The van der Waals surface area contributed by atoms with Crippen molar-refractivity contribution < 1.29 is 18.3 Å². The van der Waals surface area contributed by atoms with Gasteiger partial charge >= 0.3 is 5.69 Å². The number of morpholine rings is 1. The standard InChI is InChI=1S/C26H25F2N5O4/c1-31-25(34)23-22(33(26(31)35)16-17-2-7-20(27)21(28)14-17)15-29-24(30-23)18-3-5-19(6-4-18)37-13-10-32-8-11-36-12-9-32/h2-7,14-15H,8-13,16H2,1H3. The quantitative estimate of drug-likeness (QED) is 0.377. The molecule has 0 radical (unpaired) electrons. The Hall–Kier alpha value is -3.96. The number of aromatic nitrogens is 4. The van der Waals surface area contributed by atoms with Crippen molar-refractivity contribution in [2.45, 2.75) is 6.54 Å². The molecule has 1 aliphatic rings.